The minimum absolute atomic E-state index is 0.0768. The van der Waals surface area contributed by atoms with Crippen LogP contribution in [0.25, 0.3) is 0 Å². The van der Waals surface area contributed by atoms with Crippen LogP contribution < -0.4 is 10.0 Å². The van der Waals surface area contributed by atoms with E-state index in [0.717, 1.165) is 31.2 Å². The third kappa shape index (κ3) is 6.06. The fraction of sp³-hybridized carbons (Fsp3) is 0.259. The molecule has 0 saturated carbocycles. The molecule has 2 N–H and O–H groups in total. The van der Waals surface area contributed by atoms with E-state index in [2.05, 4.69) is 10.0 Å². The third-order valence-corrected chi connectivity index (χ3v) is 7.81. The van der Waals surface area contributed by atoms with Gasteiger partial charge in [-0.15, -0.1) is 0 Å². The fourth-order valence-electron chi connectivity index (χ4n) is 4.11. The molecule has 0 unspecified atom stereocenters. The number of anilines is 2. The Kier molecular flexibility index (Phi) is 7.96. The number of aryl methyl sites for hydroxylation is 1. The lowest BCUT2D eigenvalue weighted by molar-refractivity contribution is 0.0762. The molecule has 9 heteroatoms. The van der Waals surface area contributed by atoms with Crippen molar-refractivity contribution in [2.75, 3.05) is 23.1 Å². The maximum Gasteiger partial charge on any atom is 0.261 e. The summed E-state index contributed by atoms with van der Waals surface area (Å²) in [7, 11) is -3.81. The van der Waals surface area contributed by atoms with Crippen LogP contribution in [0.2, 0.25) is 5.02 Å². The van der Waals surface area contributed by atoms with Crippen LogP contribution in [-0.2, 0) is 10.0 Å². The maximum atomic E-state index is 13.2. The lowest BCUT2D eigenvalue weighted by Gasteiger charge is -2.22. The van der Waals surface area contributed by atoms with Gasteiger partial charge in [0.05, 0.1) is 32.4 Å². The molecule has 1 saturated heterocycles. The monoisotopic (exact) mass is 525 g/mol. The second-order valence-corrected chi connectivity index (χ2v) is 10.9. The van der Waals surface area contributed by atoms with Crippen molar-refractivity contribution in [1.82, 2.24) is 4.90 Å². The van der Waals surface area contributed by atoms with Crippen molar-refractivity contribution < 1.29 is 18.0 Å². The van der Waals surface area contributed by atoms with Gasteiger partial charge < -0.3 is 10.2 Å². The van der Waals surface area contributed by atoms with Crippen LogP contribution in [0.15, 0.2) is 71.6 Å². The van der Waals surface area contributed by atoms with E-state index in [0.29, 0.717) is 24.3 Å². The highest BCUT2D eigenvalue weighted by Gasteiger charge is 2.22. The highest BCUT2D eigenvalue weighted by Crippen LogP contribution is 2.26. The van der Waals surface area contributed by atoms with Gasteiger partial charge >= 0.3 is 0 Å². The van der Waals surface area contributed by atoms with Gasteiger partial charge in [0.25, 0.3) is 21.8 Å². The van der Waals surface area contributed by atoms with E-state index in [1.165, 1.54) is 30.3 Å². The normalized spacial score (nSPS) is 14.1. The van der Waals surface area contributed by atoms with Gasteiger partial charge in [-0.1, -0.05) is 54.3 Å². The number of nitrogens with zero attached hydrogens (tertiary/aromatic N) is 1. The second-order valence-electron chi connectivity index (χ2n) is 8.82. The molecule has 0 aromatic heterocycles. The first-order valence-corrected chi connectivity index (χ1v) is 13.7. The summed E-state index contributed by atoms with van der Waals surface area (Å²) < 4.78 is 27.8. The SMILES string of the molecule is Cc1ccc(S(=O)(=O)Nc2ccc(C(=O)Nc3ccccc3C(=O)N3CCCCCC3)c(Cl)c2)cc1. The van der Waals surface area contributed by atoms with E-state index in [4.69, 9.17) is 11.6 Å². The zero-order chi connectivity index (χ0) is 25.7. The molecular formula is C27H28ClN3O4S. The van der Waals surface area contributed by atoms with Crippen LogP contribution >= 0.6 is 11.6 Å². The lowest BCUT2D eigenvalue weighted by atomic mass is 10.1. The molecule has 0 spiro atoms. The predicted octanol–water partition coefficient (Wildman–Crippen LogP) is 5.72. The maximum absolute atomic E-state index is 13.2. The van der Waals surface area contributed by atoms with Gasteiger partial charge in [-0.3, -0.25) is 14.3 Å². The number of hydrogen-bond donors (Lipinski definition) is 2. The molecule has 1 fully saturated rings. The quantitative estimate of drug-likeness (QED) is 0.430. The summed E-state index contributed by atoms with van der Waals surface area (Å²) in [5.41, 5.74) is 2.16. The van der Waals surface area contributed by atoms with Gasteiger partial charge in [0.15, 0.2) is 0 Å². The molecule has 0 bridgehead atoms. The molecule has 0 atom stereocenters. The highest BCUT2D eigenvalue weighted by molar-refractivity contribution is 7.92. The molecule has 1 aliphatic heterocycles. The summed E-state index contributed by atoms with van der Waals surface area (Å²) in [6, 6.07) is 17.7. The Hall–Kier alpha value is -3.36. The number of carbonyl (C=O) groups excluding carboxylic acids is 2. The largest absolute Gasteiger partial charge is 0.339 e. The fourth-order valence-corrected chi connectivity index (χ4v) is 5.42. The van der Waals surface area contributed by atoms with E-state index in [-0.39, 0.29) is 27.1 Å². The Balaban J connectivity index is 1.50. The summed E-state index contributed by atoms with van der Waals surface area (Å²) in [5.74, 6) is -0.608. The molecule has 1 aliphatic rings. The van der Waals surface area contributed by atoms with Crippen LogP contribution in [-0.4, -0.2) is 38.2 Å². The Morgan fingerprint density at radius 3 is 2.19 bits per heavy atom. The molecule has 4 rings (SSSR count). The number of halogens is 1. The van der Waals surface area contributed by atoms with Gasteiger partial charge in [0.1, 0.15) is 0 Å². The molecule has 2 amide bonds. The van der Waals surface area contributed by atoms with Crippen molar-refractivity contribution in [2.24, 2.45) is 0 Å². The van der Waals surface area contributed by atoms with E-state index in [9.17, 15) is 18.0 Å². The Morgan fingerprint density at radius 2 is 1.53 bits per heavy atom. The van der Waals surface area contributed by atoms with Gasteiger partial charge in [-0.05, 0) is 62.2 Å². The molecule has 1 heterocycles. The van der Waals surface area contributed by atoms with Crippen molar-refractivity contribution in [3.8, 4) is 0 Å². The van der Waals surface area contributed by atoms with E-state index in [1.54, 1.807) is 36.4 Å². The van der Waals surface area contributed by atoms with Crippen molar-refractivity contribution in [3.05, 3.63) is 88.4 Å². The Labute approximate surface area is 216 Å². The van der Waals surface area contributed by atoms with Crippen LogP contribution in [0.1, 0.15) is 52.0 Å². The molecule has 3 aromatic carbocycles. The van der Waals surface area contributed by atoms with Crippen molar-refractivity contribution >= 4 is 44.8 Å². The highest BCUT2D eigenvalue weighted by atomic mass is 35.5. The van der Waals surface area contributed by atoms with E-state index >= 15 is 0 Å². The van der Waals surface area contributed by atoms with Gasteiger partial charge in [0, 0.05) is 13.1 Å². The van der Waals surface area contributed by atoms with Crippen LogP contribution in [0, 0.1) is 6.92 Å². The molecule has 0 radical (unpaired) electrons. The average Bonchev–Trinajstić information content (AvgIpc) is 3.14. The average molecular weight is 526 g/mol. The van der Waals surface area contributed by atoms with E-state index < -0.39 is 15.9 Å². The van der Waals surface area contributed by atoms with Crippen molar-refractivity contribution in [2.45, 2.75) is 37.5 Å². The number of likely N-dealkylation sites (tertiary alicyclic amines) is 1. The second kappa shape index (κ2) is 11.1. The number of hydrogen-bond acceptors (Lipinski definition) is 4. The molecule has 188 valence electrons. The zero-order valence-electron chi connectivity index (χ0n) is 20.0. The minimum Gasteiger partial charge on any atom is -0.339 e. The summed E-state index contributed by atoms with van der Waals surface area (Å²) in [6.07, 6.45) is 4.15. The topological polar surface area (TPSA) is 95.6 Å². The summed E-state index contributed by atoms with van der Waals surface area (Å²) >= 11 is 6.36. The molecular weight excluding hydrogens is 498 g/mol. The molecule has 36 heavy (non-hydrogen) atoms. The van der Waals surface area contributed by atoms with Crippen LogP contribution in [0.3, 0.4) is 0 Å². The lowest BCUT2D eigenvalue weighted by Crippen LogP contribution is -2.32. The van der Waals surface area contributed by atoms with Crippen LogP contribution in [0.5, 0.6) is 0 Å². The predicted molar refractivity (Wildman–Crippen MR) is 142 cm³/mol. The Morgan fingerprint density at radius 1 is 0.861 bits per heavy atom. The number of amides is 2. The van der Waals surface area contributed by atoms with Crippen molar-refractivity contribution in [1.29, 1.82) is 0 Å². The van der Waals surface area contributed by atoms with Gasteiger partial charge in [0.2, 0.25) is 0 Å². The number of carbonyl (C=O) groups is 2. The van der Waals surface area contributed by atoms with Gasteiger partial charge in [-0.25, -0.2) is 8.42 Å². The summed E-state index contributed by atoms with van der Waals surface area (Å²) in [4.78, 5) is 28.1. The summed E-state index contributed by atoms with van der Waals surface area (Å²) in [6.45, 7) is 3.27. The number of nitrogens with one attached hydrogen (secondary N) is 2. The summed E-state index contributed by atoms with van der Waals surface area (Å²) in [5, 5.41) is 2.87. The smallest absolute Gasteiger partial charge is 0.261 e. The van der Waals surface area contributed by atoms with Gasteiger partial charge in [-0.2, -0.15) is 0 Å². The minimum atomic E-state index is -3.81. The van der Waals surface area contributed by atoms with Crippen LogP contribution in [0.4, 0.5) is 11.4 Å². The first-order chi connectivity index (χ1) is 17.2. The van der Waals surface area contributed by atoms with E-state index in [1.807, 2.05) is 11.8 Å². The standard InChI is InChI=1S/C27H28ClN3O4S/c1-19-10-13-21(14-11-19)36(34,35)30-20-12-15-22(24(28)18-20)26(32)29-25-9-5-4-8-23(25)27(33)31-16-6-2-3-7-17-31/h4-5,8-15,18,30H,2-3,6-7,16-17H2,1H3,(H,29,32). The zero-order valence-corrected chi connectivity index (χ0v) is 21.5. The Bertz CT molecular complexity index is 1370. The number of benzene rings is 3. The molecule has 0 aliphatic carbocycles. The molecule has 3 aromatic rings. The molecule has 7 nitrogen and oxygen atoms in total. The number of para-hydroxylation sites is 1. The third-order valence-electron chi connectivity index (χ3n) is 6.10. The van der Waals surface area contributed by atoms with Crippen molar-refractivity contribution in [3.63, 3.8) is 0 Å². The first kappa shape index (κ1) is 25.7. The number of rotatable bonds is 6. The number of sulfonamides is 1. The first-order valence-electron chi connectivity index (χ1n) is 11.8.